The van der Waals surface area contributed by atoms with Gasteiger partial charge in [-0.1, -0.05) is 29.8 Å². The van der Waals surface area contributed by atoms with E-state index in [9.17, 15) is 17.6 Å². The van der Waals surface area contributed by atoms with Crippen molar-refractivity contribution in [3.63, 3.8) is 0 Å². The number of hydrogen-bond acceptors (Lipinski definition) is 3. The standard InChI is InChI=1S/C26H30ClF4N3O/c1-25(2)15-20-18-6-3-4-7-22(18)33-23(20)24(34(25)16-26(29,30)31)19-14-17(8-9-21(19)27)35-13-12-32-11-5-10-28/h3-4,6-9,14,24,32-33H,5,10-13,15-16H2,1-2H3/t24-/m1/s1. The lowest BCUT2D eigenvalue weighted by Gasteiger charge is -2.48. The van der Waals surface area contributed by atoms with Crippen molar-refractivity contribution >= 4 is 22.5 Å². The summed E-state index contributed by atoms with van der Waals surface area (Å²) in [5.74, 6) is 0.518. The molecule has 1 aliphatic rings. The second kappa shape index (κ2) is 10.4. The van der Waals surface area contributed by atoms with Gasteiger partial charge in [-0.05, 0) is 68.6 Å². The minimum absolute atomic E-state index is 0.341. The molecular formula is C26H30ClF4N3O. The van der Waals surface area contributed by atoms with Crippen LogP contribution < -0.4 is 10.1 Å². The molecular weight excluding hydrogens is 482 g/mol. The van der Waals surface area contributed by atoms with Gasteiger partial charge in [0.05, 0.1) is 19.3 Å². The van der Waals surface area contributed by atoms with Crippen molar-refractivity contribution in [3.8, 4) is 5.75 Å². The van der Waals surface area contributed by atoms with E-state index in [2.05, 4.69) is 10.3 Å². The molecule has 1 aromatic heterocycles. The third kappa shape index (κ3) is 5.76. The van der Waals surface area contributed by atoms with Crippen LogP contribution in [-0.4, -0.2) is 54.5 Å². The minimum Gasteiger partial charge on any atom is -0.492 e. The molecule has 0 amide bonds. The average molecular weight is 512 g/mol. The highest BCUT2D eigenvalue weighted by Gasteiger charge is 2.47. The van der Waals surface area contributed by atoms with Gasteiger partial charge in [0.15, 0.2) is 0 Å². The summed E-state index contributed by atoms with van der Waals surface area (Å²) in [5, 5.41) is 4.47. The molecule has 0 saturated carbocycles. The van der Waals surface area contributed by atoms with Crippen molar-refractivity contribution in [2.45, 2.75) is 44.4 Å². The Morgan fingerprint density at radius 3 is 2.69 bits per heavy atom. The molecule has 2 N–H and O–H groups in total. The van der Waals surface area contributed by atoms with E-state index in [0.717, 1.165) is 22.2 Å². The summed E-state index contributed by atoms with van der Waals surface area (Å²) in [4.78, 5) is 4.87. The quantitative estimate of drug-likeness (QED) is 0.256. The molecule has 2 heterocycles. The van der Waals surface area contributed by atoms with Gasteiger partial charge in [-0.3, -0.25) is 9.29 Å². The molecule has 0 unspecified atom stereocenters. The molecule has 0 spiro atoms. The highest BCUT2D eigenvalue weighted by Crippen LogP contribution is 2.47. The third-order valence-electron chi connectivity index (χ3n) is 6.47. The van der Waals surface area contributed by atoms with Crippen LogP contribution in [0.1, 0.15) is 43.1 Å². The molecule has 4 rings (SSSR count). The number of ether oxygens (including phenoxy) is 1. The summed E-state index contributed by atoms with van der Waals surface area (Å²) in [7, 11) is 0. The lowest BCUT2D eigenvalue weighted by atomic mass is 9.81. The molecule has 1 atom stereocenters. The average Bonchev–Trinajstić information content (AvgIpc) is 3.14. The van der Waals surface area contributed by atoms with Gasteiger partial charge in [0.2, 0.25) is 0 Å². The molecule has 0 bridgehead atoms. The summed E-state index contributed by atoms with van der Waals surface area (Å²) in [6.07, 6.45) is -3.48. The molecule has 1 aliphatic heterocycles. The van der Waals surface area contributed by atoms with Crippen LogP contribution in [0.15, 0.2) is 42.5 Å². The van der Waals surface area contributed by atoms with E-state index in [1.165, 1.54) is 4.90 Å². The Kier molecular flexibility index (Phi) is 7.64. The van der Waals surface area contributed by atoms with E-state index in [1.54, 1.807) is 18.2 Å². The minimum atomic E-state index is -4.38. The van der Waals surface area contributed by atoms with Gasteiger partial charge < -0.3 is 15.0 Å². The van der Waals surface area contributed by atoms with Crippen LogP contribution in [0.25, 0.3) is 10.9 Å². The van der Waals surface area contributed by atoms with Crippen LogP contribution in [0.3, 0.4) is 0 Å². The maximum atomic E-state index is 13.8. The molecule has 0 saturated heterocycles. The number of aromatic amines is 1. The van der Waals surface area contributed by atoms with Crippen molar-refractivity contribution in [1.82, 2.24) is 15.2 Å². The summed E-state index contributed by atoms with van der Waals surface area (Å²) < 4.78 is 59.4. The third-order valence-corrected chi connectivity index (χ3v) is 6.81. The first-order chi connectivity index (χ1) is 16.6. The van der Waals surface area contributed by atoms with Gasteiger partial charge in [0.1, 0.15) is 12.4 Å². The van der Waals surface area contributed by atoms with Crippen LogP contribution >= 0.6 is 11.6 Å². The highest BCUT2D eigenvalue weighted by molar-refractivity contribution is 6.31. The first-order valence-electron chi connectivity index (χ1n) is 11.7. The Labute approximate surface area is 207 Å². The fraction of sp³-hybridized carbons (Fsp3) is 0.462. The molecule has 35 heavy (non-hydrogen) atoms. The Morgan fingerprint density at radius 2 is 1.94 bits per heavy atom. The monoisotopic (exact) mass is 511 g/mol. The van der Waals surface area contributed by atoms with E-state index in [1.807, 2.05) is 38.1 Å². The van der Waals surface area contributed by atoms with Gasteiger partial charge in [-0.15, -0.1) is 0 Å². The van der Waals surface area contributed by atoms with Crippen LogP contribution in [0.5, 0.6) is 5.75 Å². The van der Waals surface area contributed by atoms with E-state index >= 15 is 0 Å². The normalized spacial score (nSPS) is 18.1. The predicted molar refractivity (Wildman–Crippen MR) is 131 cm³/mol. The van der Waals surface area contributed by atoms with Crippen molar-refractivity contribution in [2.75, 3.05) is 32.9 Å². The second-order valence-electron chi connectivity index (χ2n) is 9.52. The molecule has 190 valence electrons. The maximum absolute atomic E-state index is 13.8. The summed E-state index contributed by atoms with van der Waals surface area (Å²) in [6, 6.07) is 12.1. The van der Waals surface area contributed by atoms with Gasteiger partial charge >= 0.3 is 6.18 Å². The lowest BCUT2D eigenvalue weighted by Crippen LogP contribution is -2.54. The molecule has 9 heteroatoms. The number of alkyl halides is 4. The smallest absolute Gasteiger partial charge is 0.401 e. The maximum Gasteiger partial charge on any atom is 0.401 e. The van der Waals surface area contributed by atoms with Gasteiger partial charge in [0.25, 0.3) is 0 Å². The predicted octanol–water partition coefficient (Wildman–Crippen LogP) is 6.44. The zero-order valence-corrected chi connectivity index (χ0v) is 20.6. The molecule has 3 aromatic rings. The molecule has 0 aliphatic carbocycles. The number of nitrogens with zero attached hydrogens (tertiary/aromatic N) is 1. The zero-order valence-electron chi connectivity index (χ0n) is 19.8. The number of aromatic nitrogens is 1. The first kappa shape index (κ1) is 25.8. The fourth-order valence-corrected chi connectivity index (χ4v) is 5.11. The van der Waals surface area contributed by atoms with E-state index in [0.29, 0.717) is 48.9 Å². The first-order valence-corrected chi connectivity index (χ1v) is 12.1. The molecule has 2 aromatic carbocycles. The van der Waals surface area contributed by atoms with Crippen molar-refractivity contribution in [3.05, 3.63) is 64.3 Å². The number of H-pyrrole nitrogens is 1. The van der Waals surface area contributed by atoms with Gasteiger partial charge in [0, 0.05) is 33.7 Å². The Bertz CT molecular complexity index is 1160. The number of fused-ring (bicyclic) bond motifs is 3. The van der Waals surface area contributed by atoms with Crippen LogP contribution in [0.4, 0.5) is 17.6 Å². The highest BCUT2D eigenvalue weighted by atomic mass is 35.5. The molecule has 4 nitrogen and oxygen atoms in total. The van der Waals surface area contributed by atoms with Crippen molar-refractivity contribution < 1.29 is 22.3 Å². The number of hydrogen-bond donors (Lipinski definition) is 2. The number of rotatable bonds is 9. The number of halogens is 5. The van der Waals surface area contributed by atoms with E-state index in [4.69, 9.17) is 16.3 Å². The van der Waals surface area contributed by atoms with Crippen molar-refractivity contribution in [2.24, 2.45) is 0 Å². The number of nitrogens with one attached hydrogen (secondary N) is 2. The topological polar surface area (TPSA) is 40.3 Å². The number of para-hydroxylation sites is 1. The molecule has 0 radical (unpaired) electrons. The second-order valence-corrected chi connectivity index (χ2v) is 9.93. The van der Waals surface area contributed by atoms with Gasteiger partial charge in [-0.2, -0.15) is 13.2 Å². The largest absolute Gasteiger partial charge is 0.492 e. The SMILES string of the molecule is CC1(C)Cc2c([nH]c3ccccc23)[C@@H](c2cc(OCCNCCCF)ccc2Cl)N1CC(F)(F)F. The summed E-state index contributed by atoms with van der Waals surface area (Å²) >= 11 is 6.62. The van der Waals surface area contributed by atoms with Crippen LogP contribution in [0.2, 0.25) is 5.02 Å². The van der Waals surface area contributed by atoms with Crippen LogP contribution in [-0.2, 0) is 6.42 Å². The Hall–Kier alpha value is -2.29. The fourth-order valence-electron chi connectivity index (χ4n) is 4.89. The molecule has 0 fully saturated rings. The zero-order chi connectivity index (χ0) is 25.2. The summed E-state index contributed by atoms with van der Waals surface area (Å²) in [6.45, 7) is 3.66. The Morgan fingerprint density at radius 1 is 1.17 bits per heavy atom. The number of benzene rings is 2. The van der Waals surface area contributed by atoms with Gasteiger partial charge in [-0.25, -0.2) is 0 Å². The lowest BCUT2D eigenvalue weighted by molar-refractivity contribution is -0.164. The van der Waals surface area contributed by atoms with E-state index in [-0.39, 0.29) is 6.67 Å². The summed E-state index contributed by atoms with van der Waals surface area (Å²) in [5.41, 5.74) is 2.39. The van der Waals surface area contributed by atoms with Crippen LogP contribution in [0, 0.1) is 0 Å². The van der Waals surface area contributed by atoms with Crippen molar-refractivity contribution in [1.29, 1.82) is 0 Å². The van der Waals surface area contributed by atoms with E-state index < -0.39 is 24.3 Å². The Balaban J connectivity index is 1.73.